The highest BCUT2D eigenvalue weighted by Gasteiger charge is 2.14. The summed E-state index contributed by atoms with van der Waals surface area (Å²) in [7, 11) is 1.99. The van der Waals surface area contributed by atoms with E-state index >= 15 is 0 Å². The van der Waals surface area contributed by atoms with E-state index in [1.165, 1.54) is 6.20 Å². The van der Waals surface area contributed by atoms with Gasteiger partial charge in [-0.15, -0.1) is 0 Å². The number of amides is 1. The van der Waals surface area contributed by atoms with E-state index in [-0.39, 0.29) is 5.91 Å². The monoisotopic (exact) mass is 310 g/mol. The Morgan fingerprint density at radius 1 is 1.35 bits per heavy atom. The molecule has 0 fully saturated rings. The zero-order chi connectivity index (χ0) is 16.4. The Hall–Kier alpha value is -2.89. The van der Waals surface area contributed by atoms with Crippen LogP contribution in [0.1, 0.15) is 23.0 Å². The van der Waals surface area contributed by atoms with Crippen LogP contribution in [0.4, 0.5) is 11.4 Å². The third-order valence-electron chi connectivity index (χ3n) is 3.81. The van der Waals surface area contributed by atoms with Crippen LogP contribution < -0.4 is 10.2 Å². The number of carbonyl (C=O) groups excluding carboxylic acids is 1. The smallest absolute Gasteiger partial charge is 0.257 e. The number of fused-ring (bicyclic) bond motifs is 1. The van der Waals surface area contributed by atoms with Gasteiger partial charge in [0.05, 0.1) is 28.0 Å². The molecule has 3 aromatic rings. The number of hydrogen-bond donors (Lipinski definition) is 1. The fraction of sp³-hybridized carbons (Fsp3) is 0.235. The molecule has 0 atom stereocenters. The van der Waals surface area contributed by atoms with Crippen LogP contribution in [0.25, 0.3) is 11.1 Å². The Balaban J connectivity index is 1.90. The van der Waals surface area contributed by atoms with Crippen molar-refractivity contribution in [2.24, 2.45) is 0 Å². The summed E-state index contributed by atoms with van der Waals surface area (Å²) in [5, 5.41) is 7.55. The van der Waals surface area contributed by atoms with E-state index < -0.39 is 0 Å². The minimum atomic E-state index is -0.211. The maximum Gasteiger partial charge on any atom is 0.257 e. The molecule has 118 valence electrons. The number of nitrogens with zero attached hydrogens (tertiary/aromatic N) is 3. The number of aromatic nitrogens is 2. The molecule has 0 saturated carbocycles. The summed E-state index contributed by atoms with van der Waals surface area (Å²) in [6.45, 7) is 4.73. The van der Waals surface area contributed by atoms with Crippen molar-refractivity contribution in [3.63, 3.8) is 0 Å². The van der Waals surface area contributed by atoms with Crippen molar-refractivity contribution in [3.05, 3.63) is 47.8 Å². The van der Waals surface area contributed by atoms with Gasteiger partial charge in [0.2, 0.25) is 0 Å². The number of aryl methyl sites for hydroxylation is 1. The third kappa shape index (κ3) is 2.88. The molecule has 6 nitrogen and oxygen atoms in total. The van der Waals surface area contributed by atoms with Gasteiger partial charge in [-0.2, -0.15) is 0 Å². The molecule has 2 heterocycles. The minimum Gasteiger partial charge on any atom is -0.373 e. The van der Waals surface area contributed by atoms with Crippen molar-refractivity contribution >= 4 is 28.4 Å². The summed E-state index contributed by atoms with van der Waals surface area (Å²) in [6.07, 6.45) is 1.49. The molecular weight excluding hydrogens is 292 g/mol. The van der Waals surface area contributed by atoms with Crippen molar-refractivity contribution in [2.45, 2.75) is 13.8 Å². The normalized spacial score (nSPS) is 10.7. The van der Waals surface area contributed by atoms with E-state index in [2.05, 4.69) is 27.3 Å². The van der Waals surface area contributed by atoms with Crippen LogP contribution in [-0.2, 0) is 0 Å². The first-order valence-corrected chi connectivity index (χ1v) is 7.43. The summed E-state index contributed by atoms with van der Waals surface area (Å²) < 4.78 is 5.07. The molecule has 0 bridgehead atoms. The van der Waals surface area contributed by atoms with Gasteiger partial charge in [-0.3, -0.25) is 4.79 Å². The number of para-hydroxylation sites is 2. The van der Waals surface area contributed by atoms with Crippen LogP contribution in [0.2, 0.25) is 0 Å². The number of pyridine rings is 1. The summed E-state index contributed by atoms with van der Waals surface area (Å²) in [4.78, 5) is 18.7. The first kappa shape index (κ1) is 15.0. The molecule has 0 saturated heterocycles. The molecule has 0 aliphatic heterocycles. The van der Waals surface area contributed by atoms with Crippen molar-refractivity contribution in [1.29, 1.82) is 0 Å². The molecular formula is C17H18N4O2. The maximum absolute atomic E-state index is 12.5. The van der Waals surface area contributed by atoms with Crippen LogP contribution in [0.3, 0.4) is 0 Å². The lowest BCUT2D eigenvalue weighted by molar-refractivity contribution is 0.102. The molecule has 0 unspecified atom stereocenters. The highest BCUT2D eigenvalue weighted by Crippen LogP contribution is 2.25. The van der Waals surface area contributed by atoms with Crippen molar-refractivity contribution in [3.8, 4) is 0 Å². The van der Waals surface area contributed by atoms with E-state index in [0.29, 0.717) is 17.0 Å². The van der Waals surface area contributed by atoms with E-state index in [9.17, 15) is 4.79 Å². The first-order valence-electron chi connectivity index (χ1n) is 7.43. The second-order valence-electron chi connectivity index (χ2n) is 5.33. The van der Waals surface area contributed by atoms with Crippen molar-refractivity contribution in [2.75, 3.05) is 23.8 Å². The third-order valence-corrected chi connectivity index (χ3v) is 3.81. The Bertz CT molecular complexity index is 857. The average Bonchev–Trinajstić information content (AvgIpc) is 2.95. The number of nitrogens with one attached hydrogen (secondary N) is 1. The summed E-state index contributed by atoms with van der Waals surface area (Å²) >= 11 is 0. The number of carbonyl (C=O) groups is 1. The lowest BCUT2D eigenvalue weighted by Crippen LogP contribution is -2.20. The molecule has 1 amide bonds. The lowest BCUT2D eigenvalue weighted by atomic mass is 10.2. The molecule has 1 aromatic carbocycles. The van der Waals surface area contributed by atoms with Gasteiger partial charge in [-0.25, -0.2) is 4.98 Å². The van der Waals surface area contributed by atoms with Gasteiger partial charge >= 0.3 is 0 Å². The van der Waals surface area contributed by atoms with Gasteiger partial charge in [0.1, 0.15) is 0 Å². The lowest BCUT2D eigenvalue weighted by Gasteiger charge is -2.20. The Kier molecular flexibility index (Phi) is 3.97. The van der Waals surface area contributed by atoms with Gasteiger partial charge in [0.15, 0.2) is 0 Å². The average molecular weight is 310 g/mol. The zero-order valence-corrected chi connectivity index (χ0v) is 13.3. The molecule has 0 radical (unpaired) electrons. The number of benzene rings is 1. The number of anilines is 2. The van der Waals surface area contributed by atoms with Crippen molar-refractivity contribution < 1.29 is 9.32 Å². The molecule has 0 aliphatic carbocycles. The van der Waals surface area contributed by atoms with Crippen LogP contribution in [0.15, 0.2) is 41.1 Å². The van der Waals surface area contributed by atoms with E-state index in [1.54, 1.807) is 6.07 Å². The van der Waals surface area contributed by atoms with Crippen LogP contribution in [-0.4, -0.2) is 29.6 Å². The maximum atomic E-state index is 12.5. The second-order valence-corrected chi connectivity index (χ2v) is 5.33. The van der Waals surface area contributed by atoms with Crippen LogP contribution in [0.5, 0.6) is 0 Å². The van der Waals surface area contributed by atoms with Gasteiger partial charge in [-0.05, 0) is 32.0 Å². The molecule has 3 rings (SSSR count). The van der Waals surface area contributed by atoms with Crippen LogP contribution in [0, 0.1) is 6.92 Å². The minimum absolute atomic E-state index is 0.211. The zero-order valence-electron chi connectivity index (χ0n) is 13.3. The standard InChI is InChI=1S/C17H18N4O2/c1-4-21(3)15-8-6-5-7-14(15)19-16(22)12-9-13-11(2)20-23-17(13)18-10-12/h5-10H,4H2,1-3H3,(H,19,22). The number of hydrogen-bond acceptors (Lipinski definition) is 5. The molecule has 0 spiro atoms. The first-order chi connectivity index (χ1) is 11.1. The summed E-state index contributed by atoms with van der Waals surface area (Å²) in [5.74, 6) is -0.211. The predicted molar refractivity (Wildman–Crippen MR) is 89.9 cm³/mol. The SMILES string of the molecule is CCN(C)c1ccccc1NC(=O)c1cnc2onc(C)c2c1. The molecule has 23 heavy (non-hydrogen) atoms. The van der Waals surface area contributed by atoms with E-state index in [4.69, 9.17) is 4.52 Å². The Morgan fingerprint density at radius 3 is 2.91 bits per heavy atom. The molecule has 6 heteroatoms. The quantitative estimate of drug-likeness (QED) is 0.801. The Morgan fingerprint density at radius 2 is 2.13 bits per heavy atom. The van der Waals surface area contributed by atoms with Gasteiger partial charge < -0.3 is 14.7 Å². The van der Waals surface area contributed by atoms with E-state index in [1.807, 2.05) is 38.2 Å². The predicted octanol–water partition coefficient (Wildman–Crippen LogP) is 3.24. The molecule has 1 N–H and O–H groups in total. The highest BCUT2D eigenvalue weighted by molar-refractivity contribution is 6.07. The topological polar surface area (TPSA) is 71.3 Å². The van der Waals surface area contributed by atoms with Crippen molar-refractivity contribution in [1.82, 2.24) is 10.1 Å². The second kappa shape index (κ2) is 6.08. The molecule has 0 aliphatic rings. The largest absolute Gasteiger partial charge is 0.373 e. The Labute approximate surface area is 134 Å². The van der Waals surface area contributed by atoms with Gasteiger partial charge in [0, 0.05) is 19.8 Å². The number of rotatable bonds is 4. The summed E-state index contributed by atoms with van der Waals surface area (Å²) in [5.41, 5.74) is 3.36. The van der Waals surface area contributed by atoms with Gasteiger partial charge in [0.25, 0.3) is 11.6 Å². The van der Waals surface area contributed by atoms with Gasteiger partial charge in [-0.1, -0.05) is 17.3 Å². The summed E-state index contributed by atoms with van der Waals surface area (Å²) in [6, 6.07) is 9.45. The fourth-order valence-electron chi connectivity index (χ4n) is 2.35. The fourth-order valence-corrected chi connectivity index (χ4v) is 2.35. The highest BCUT2D eigenvalue weighted by atomic mass is 16.5. The van der Waals surface area contributed by atoms with E-state index in [0.717, 1.165) is 23.3 Å². The van der Waals surface area contributed by atoms with Crippen LogP contribution >= 0.6 is 0 Å². The molecule has 2 aromatic heterocycles.